The Kier molecular flexibility index (Phi) is 6.18. The maximum Gasteiger partial charge on any atom is 0.354 e. The van der Waals surface area contributed by atoms with Crippen LogP contribution in [0.25, 0.3) is 6.08 Å². The number of allylic oxidation sites excluding steroid dienone is 2. The lowest BCUT2D eigenvalue weighted by molar-refractivity contribution is -0.383. The van der Waals surface area contributed by atoms with Gasteiger partial charge in [-0.1, -0.05) is 30.3 Å². The number of aromatic nitrogens is 2. The van der Waals surface area contributed by atoms with Gasteiger partial charge in [0.15, 0.2) is 0 Å². The Labute approximate surface area is 179 Å². The minimum Gasteiger partial charge on any atom is -0.378 e. The standard InChI is InChI=1S/C21H23N7O3/c22-20-19(28(29)30)21(24-14-23-20)26-25-13-17-7-6-16(12-15-4-2-1-3-5-15)18(17)27-8-10-31-11-9-27/h1-5,12-14H,6-11H2,(H3,22,23,24,26)/b16-12-,25-13+. The summed E-state index contributed by atoms with van der Waals surface area (Å²) in [4.78, 5) is 20.5. The number of rotatable bonds is 6. The van der Waals surface area contributed by atoms with Gasteiger partial charge in [-0.25, -0.2) is 9.97 Å². The first-order valence-electron chi connectivity index (χ1n) is 9.99. The number of nitrogens with one attached hydrogen (secondary N) is 1. The van der Waals surface area contributed by atoms with Crippen molar-refractivity contribution in [1.29, 1.82) is 0 Å². The number of nitrogen functional groups attached to an aromatic ring is 1. The lowest BCUT2D eigenvalue weighted by atomic mass is 10.1. The third kappa shape index (κ3) is 4.69. The van der Waals surface area contributed by atoms with Gasteiger partial charge in [-0.05, 0) is 35.6 Å². The average molecular weight is 421 g/mol. The van der Waals surface area contributed by atoms with Gasteiger partial charge in [0.25, 0.3) is 0 Å². The topological polar surface area (TPSA) is 132 Å². The fourth-order valence-corrected chi connectivity index (χ4v) is 3.75. The van der Waals surface area contributed by atoms with Crippen LogP contribution in [0.15, 0.2) is 58.6 Å². The smallest absolute Gasteiger partial charge is 0.354 e. The van der Waals surface area contributed by atoms with Crippen molar-refractivity contribution in [2.45, 2.75) is 12.8 Å². The summed E-state index contributed by atoms with van der Waals surface area (Å²) in [7, 11) is 0. The molecule has 31 heavy (non-hydrogen) atoms. The van der Waals surface area contributed by atoms with E-state index in [4.69, 9.17) is 10.5 Å². The molecule has 2 heterocycles. The van der Waals surface area contributed by atoms with Crippen LogP contribution in [0.2, 0.25) is 0 Å². The zero-order valence-corrected chi connectivity index (χ0v) is 16.9. The first-order chi connectivity index (χ1) is 15.1. The van der Waals surface area contributed by atoms with Crippen molar-refractivity contribution >= 4 is 29.6 Å². The molecule has 160 valence electrons. The molecule has 0 bridgehead atoms. The molecule has 10 heteroatoms. The lowest BCUT2D eigenvalue weighted by Crippen LogP contribution is -2.36. The molecule has 1 aliphatic heterocycles. The number of anilines is 2. The molecule has 10 nitrogen and oxygen atoms in total. The zero-order valence-electron chi connectivity index (χ0n) is 16.9. The number of hydrogen-bond donors (Lipinski definition) is 2. The molecule has 1 aliphatic carbocycles. The molecular formula is C21H23N7O3. The number of hydrazone groups is 1. The van der Waals surface area contributed by atoms with E-state index in [0.29, 0.717) is 13.2 Å². The molecule has 1 aromatic carbocycles. The number of morpholine rings is 1. The summed E-state index contributed by atoms with van der Waals surface area (Å²) in [5.74, 6) is -0.250. The minimum atomic E-state index is -0.623. The Morgan fingerprint density at radius 1 is 1.19 bits per heavy atom. The third-order valence-corrected chi connectivity index (χ3v) is 5.16. The Morgan fingerprint density at radius 2 is 1.97 bits per heavy atom. The number of nitrogens with two attached hydrogens (primary N) is 1. The fourth-order valence-electron chi connectivity index (χ4n) is 3.75. The second kappa shape index (κ2) is 9.35. The first kappa shape index (κ1) is 20.5. The molecule has 2 aromatic rings. The predicted octanol–water partition coefficient (Wildman–Crippen LogP) is 2.83. The van der Waals surface area contributed by atoms with Crippen LogP contribution in [0.5, 0.6) is 0 Å². The highest BCUT2D eigenvalue weighted by molar-refractivity contribution is 5.84. The van der Waals surface area contributed by atoms with E-state index in [9.17, 15) is 10.1 Å². The van der Waals surface area contributed by atoms with Crippen LogP contribution in [-0.4, -0.2) is 52.3 Å². The SMILES string of the molecule is Nc1ncnc(N/N=C/C2=C(N3CCOCC3)C(=C\c3ccccc3)/CC2)c1[N+](=O)[O-]. The number of hydrogen-bond acceptors (Lipinski definition) is 9. The van der Waals surface area contributed by atoms with E-state index in [2.05, 4.69) is 43.6 Å². The van der Waals surface area contributed by atoms with E-state index in [-0.39, 0.29) is 11.6 Å². The molecule has 3 N–H and O–H groups in total. The van der Waals surface area contributed by atoms with Crippen molar-refractivity contribution in [2.24, 2.45) is 5.10 Å². The summed E-state index contributed by atoms with van der Waals surface area (Å²) in [6.07, 6.45) is 6.79. The zero-order chi connectivity index (χ0) is 21.6. The van der Waals surface area contributed by atoms with Crippen molar-refractivity contribution in [3.63, 3.8) is 0 Å². The second-order valence-electron chi connectivity index (χ2n) is 7.14. The van der Waals surface area contributed by atoms with E-state index in [1.54, 1.807) is 6.21 Å². The highest BCUT2D eigenvalue weighted by Crippen LogP contribution is 2.35. The van der Waals surface area contributed by atoms with E-state index in [1.165, 1.54) is 5.57 Å². The normalized spacial score (nSPS) is 18.2. The molecule has 1 aromatic heterocycles. The van der Waals surface area contributed by atoms with Gasteiger partial charge in [-0.15, -0.1) is 0 Å². The molecular weight excluding hydrogens is 398 g/mol. The summed E-state index contributed by atoms with van der Waals surface area (Å²) >= 11 is 0. The molecule has 0 spiro atoms. The highest BCUT2D eigenvalue weighted by Gasteiger charge is 2.26. The number of benzene rings is 1. The van der Waals surface area contributed by atoms with Gasteiger partial charge in [-0.3, -0.25) is 15.5 Å². The van der Waals surface area contributed by atoms with Gasteiger partial charge in [0.05, 0.1) is 24.4 Å². The van der Waals surface area contributed by atoms with Crippen molar-refractivity contribution in [1.82, 2.24) is 14.9 Å². The lowest BCUT2D eigenvalue weighted by Gasteiger charge is -2.31. The van der Waals surface area contributed by atoms with Crippen molar-refractivity contribution in [3.8, 4) is 0 Å². The number of ether oxygens (including phenoxy) is 1. The predicted molar refractivity (Wildman–Crippen MR) is 118 cm³/mol. The van der Waals surface area contributed by atoms with Crippen molar-refractivity contribution < 1.29 is 9.66 Å². The van der Waals surface area contributed by atoms with Gasteiger partial charge < -0.3 is 15.4 Å². The van der Waals surface area contributed by atoms with Gasteiger partial charge in [-0.2, -0.15) is 5.10 Å². The molecule has 0 saturated carbocycles. The van der Waals surface area contributed by atoms with Crippen molar-refractivity contribution in [3.05, 3.63) is 69.2 Å². The number of nitrogens with zero attached hydrogens (tertiary/aromatic N) is 5. The molecule has 1 saturated heterocycles. The maximum atomic E-state index is 11.3. The van der Waals surface area contributed by atoms with Crippen LogP contribution >= 0.6 is 0 Å². The van der Waals surface area contributed by atoms with E-state index < -0.39 is 10.6 Å². The van der Waals surface area contributed by atoms with Crippen LogP contribution in [0.1, 0.15) is 18.4 Å². The van der Waals surface area contributed by atoms with E-state index in [0.717, 1.165) is 49.1 Å². The molecule has 0 radical (unpaired) electrons. The van der Waals surface area contributed by atoms with Crippen LogP contribution in [0, 0.1) is 10.1 Å². The fraction of sp³-hybridized carbons (Fsp3) is 0.286. The first-order valence-corrected chi connectivity index (χ1v) is 9.99. The number of nitro groups is 1. The Balaban J connectivity index is 1.63. The molecule has 0 unspecified atom stereocenters. The van der Waals surface area contributed by atoms with Crippen molar-refractivity contribution in [2.75, 3.05) is 37.5 Å². The quantitative estimate of drug-likeness (QED) is 0.413. The van der Waals surface area contributed by atoms with Gasteiger partial charge >= 0.3 is 5.69 Å². The maximum absolute atomic E-state index is 11.3. The van der Waals surface area contributed by atoms with Gasteiger partial charge in [0.2, 0.25) is 11.6 Å². The molecule has 1 fully saturated rings. The summed E-state index contributed by atoms with van der Waals surface area (Å²) in [6, 6.07) is 10.2. The largest absolute Gasteiger partial charge is 0.378 e. The monoisotopic (exact) mass is 421 g/mol. The van der Waals surface area contributed by atoms with Crippen LogP contribution in [-0.2, 0) is 4.74 Å². The Hall–Kier alpha value is -3.79. The third-order valence-electron chi connectivity index (χ3n) is 5.16. The van der Waals surface area contributed by atoms with Crippen LogP contribution in [0.3, 0.4) is 0 Å². The Bertz CT molecular complexity index is 1040. The van der Waals surface area contributed by atoms with Gasteiger partial charge in [0, 0.05) is 18.8 Å². The van der Waals surface area contributed by atoms with Crippen LogP contribution < -0.4 is 11.2 Å². The summed E-state index contributed by atoms with van der Waals surface area (Å²) < 4.78 is 5.51. The molecule has 4 rings (SSSR count). The summed E-state index contributed by atoms with van der Waals surface area (Å²) in [5.41, 5.74) is 12.5. The highest BCUT2D eigenvalue weighted by atomic mass is 16.6. The minimum absolute atomic E-state index is 0.0414. The van der Waals surface area contributed by atoms with E-state index in [1.807, 2.05) is 18.2 Å². The summed E-state index contributed by atoms with van der Waals surface area (Å²) in [5, 5.41) is 15.5. The average Bonchev–Trinajstić information content (AvgIpc) is 3.17. The second-order valence-corrected chi connectivity index (χ2v) is 7.14. The molecule has 2 aliphatic rings. The van der Waals surface area contributed by atoms with Crippen LogP contribution in [0.4, 0.5) is 17.3 Å². The van der Waals surface area contributed by atoms with Gasteiger partial charge in [0.1, 0.15) is 6.33 Å². The van der Waals surface area contributed by atoms with E-state index >= 15 is 0 Å². The molecule has 0 amide bonds. The summed E-state index contributed by atoms with van der Waals surface area (Å²) in [6.45, 7) is 2.97. The Morgan fingerprint density at radius 3 is 2.71 bits per heavy atom. The molecule has 0 atom stereocenters.